The maximum absolute atomic E-state index is 13.1. The highest BCUT2D eigenvalue weighted by Gasteiger charge is 2.09. The van der Waals surface area contributed by atoms with Crippen molar-refractivity contribution in [1.29, 1.82) is 5.41 Å². The number of benzene rings is 1. The van der Waals surface area contributed by atoms with Crippen LogP contribution in [0, 0.1) is 11.2 Å². The lowest BCUT2D eigenvalue weighted by atomic mass is 10.1. The molecule has 0 saturated heterocycles. The minimum absolute atomic E-state index is 0.0249. The summed E-state index contributed by atoms with van der Waals surface area (Å²) in [5, 5.41) is 7.28. The third kappa shape index (κ3) is 1.48. The van der Waals surface area contributed by atoms with Crippen LogP contribution >= 0.6 is 15.9 Å². The van der Waals surface area contributed by atoms with Gasteiger partial charge in [0.25, 0.3) is 0 Å². The molecule has 0 aliphatic carbocycles. The molecular weight excluding hydrogens is 223 g/mol. The average Bonchev–Trinajstić information content (AvgIpc) is 2.00. The van der Waals surface area contributed by atoms with Crippen molar-refractivity contribution in [2.24, 2.45) is 0 Å². The van der Waals surface area contributed by atoms with E-state index in [2.05, 4.69) is 15.9 Å². The largest absolute Gasteiger partial charge is 0.396 e. The van der Waals surface area contributed by atoms with Crippen LogP contribution in [0.25, 0.3) is 0 Å². The fourth-order valence-corrected chi connectivity index (χ4v) is 1.24. The number of hydrogen-bond acceptors (Lipinski definition) is 2. The Morgan fingerprint density at radius 1 is 1.58 bits per heavy atom. The molecule has 0 atom stereocenters. The Hall–Kier alpha value is -0.900. The van der Waals surface area contributed by atoms with Gasteiger partial charge in [0, 0.05) is 11.3 Å². The molecule has 1 aromatic carbocycles. The standard InChI is InChI=1S/C8H8BrFN2/c1-4(11)5-2-3-6(9)7(10)8(5)12/h2-3,11H,12H2,1H3. The Balaban J connectivity index is 3.36. The molecule has 1 aromatic rings. The van der Waals surface area contributed by atoms with Crippen molar-refractivity contribution in [2.75, 3.05) is 5.73 Å². The molecule has 0 heterocycles. The summed E-state index contributed by atoms with van der Waals surface area (Å²) >= 11 is 3.00. The lowest BCUT2D eigenvalue weighted by molar-refractivity contribution is 0.625. The summed E-state index contributed by atoms with van der Waals surface area (Å²) in [5.41, 5.74) is 6.17. The van der Waals surface area contributed by atoms with E-state index in [9.17, 15) is 4.39 Å². The second-order valence-electron chi connectivity index (χ2n) is 2.45. The molecule has 0 aliphatic heterocycles. The number of nitrogens with one attached hydrogen (secondary N) is 1. The van der Waals surface area contributed by atoms with E-state index in [0.717, 1.165) is 0 Å². The van der Waals surface area contributed by atoms with Crippen molar-refractivity contribution >= 4 is 27.3 Å². The van der Waals surface area contributed by atoms with Gasteiger partial charge >= 0.3 is 0 Å². The number of anilines is 1. The van der Waals surface area contributed by atoms with E-state index < -0.39 is 5.82 Å². The van der Waals surface area contributed by atoms with Crippen LogP contribution in [-0.2, 0) is 0 Å². The number of nitrogens with two attached hydrogens (primary N) is 1. The van der Waals surface area contributed by atoms with Crippen LogP contribution in [0.15, 0.2) is 16.6 Å². The first-order valence-electron chi connectivity index (χ1n) is 3.33. The van der Waals surface area contributed by atoms with E-state index in [-0.39, 0.29) is 11.4 Å². The molecule has 2 nitrogen and oxygen atoms in total. The quantitative estimate of drug-likeness (QED) is 0.566. The second-order valence-corrected chi connectivity index (χ2v) is 3.30. The first-order valence-corrected chi connectivity index (χ1v) is 4.12. The molecule has 0 fully saturated rings. The average molecular weight is 231 g/mol. The van der Waals surface area contributed by atoms with Gasteiger partial charge in [-0.05, 0) is 35.0 Å². The monoisotopic (exact) mass is 230 g/mol. The van der Waals surface area contributed by atoms with Gasteiger partial charge in [-0.3, -0.25) is 0 Å². The molecule has 4 heteroatoms. The number of rotatable bonds is 1. The molecule has 0 amide bonds. The smallest absolute Gasteiger partial charge is 0.160 e. The zero-order valence-corrected chi connectivity index (χ0v) is 8.07. The Bertz CT molecular complexity index is 336. The molecule has 0 saturated carbocycles. The van der Waals surface area contributed by atoms with Crippen molar-refractivity contribution in [1.82, 2.24) is 0 Å². The van der Waals surface area contributed by atoms with Crippen molar-refractivity contribution in [3.05, 3.63) is 28.0 Å². The lowest BCUT2D eigenvalue weighted by Crippen LogP contribution is -2.02. The highest BCUT2D eigenvalue weighted by Crippen LogP contribution is 2.24. The van der Waals surface area contributed by atoms with Crippen molar-refractivity contribution in [3.8, 4) is 0 Å². The summed E-state index contributed by atoms with van der Waals surface area (Å²) in [6.45, 7) is 1.57. The molecule has 12 heavy (non-hydrogen) atoms. The maximum Gasteiger partial charge on any atom is 0.160 e. The highest BCUT2D eigenvalue weighted by molar-refractivity contribution is 9.10. The topological polar surface area (TPSA) is 49.9 Å². The van der Waals surface area contributed by atoms with Crippen molar-refractivity contribution < 1.29 is 4.39 Å². The Labute approximate surface area is 78.2 Å². The third-order valence-corrected chi connectivity index (χ3v) is 2.15. The molecule has 0 spiro atoms. The van der Waals surface area contributed by atoms with Crippen LogP contribution in [0.1, 0.15) is 12.5 Å². The van der Waals surface area contributed by atoms with Gasteiger partial charge in [-0.1, -0.05) is 0 Å². The fourth-order valence-electron chi connectivity index (χ4n) is 0.893. The zero-order valence-electron chi connectivity index (χ0n) is 6.49. The summed E-state index contributed by atoms with van der Waals surface area (Å²) in [6.07, 6.45) is 0. The van der Waals surface area contributed by atoms with E-state index in [1.165, 1.54) is 0 Å². The molecule has 1 rings (SSSR count). The molecule has 3 N–H and O–H groups in total. The normalized spacial score (nSPS) is 9.92. The second kappa shape index (κ2) is 3.23. The van der Waals surface area contributed by atoms with Gasteiger partial charge in [0.2, 0.25) is 0 Å². The van der Waals surface area contributed by atoms with Crippen LogP contribution in [-0.4, -0.2) is 5.71 Å². The fraction of sp³-hybridized carbons (Fsp3) is 0.125. The number of halogens is 2. The van der Waals surface area contributed by atoms with Gasteiger partial charge in [0.05, 0.1) is 10.2 Å². The SMILES string of the molecule is CC(=N)c1ccc(Br)c(F)c1N. The van der Waals surface area contributed by atoms with Crippen LogP contribution in [0.4, 0.5) is 10.1 Å². The summed E-state index contributed by atoms with van der Waals surface area (Å²) in [6, 6.07) is 3.16. The molecule has 0 radical (unpaired) electrons. The predicted octanol–water partition coefficient (Wildman–Crippen LogP) is 2.56. The minimum atomic E-state index is -0.501. The van der Waals surface area contributed by atoms with E-state index in [1.54, 1.807) is 19.1 Å². The molecule has 64 valence electrons. The Morgan fingerprint density at radius 2 is 2.17 bits per heavy atom. The first-order chi connectivity index (χ1) is 5.54. The zero-order chi connectivity index (χ0) is 9.30. The van der Waals surface area contributed by atoms with Gasteiger partial charge in [-0.2, -0.15) is 0 Å². The minimum Gasteiger partial charge on any atom is -0.396 e. The molecule has 0 aliphatic rings. The van der Waals surface area contributed by atoms with Crippen LogP contribution in [0.5, 0.6) is 0 Å². The number of hydrogen-bond donors (Lipinski definition) is 2. The van der Waals surface area contributed by atoms with E-state index in [0.29, 0.717) is 10.0 Å². The molecule has 0 unspecified atom stereocenters. The maximum atomic E-state index is 13.1. The summed E-state index contributed by atoms with van der Waals surface area (Å²) in [7, 11) is 0. The number of nitrogen functional groups attached to an aromatic ring is 1. The molecular formula is C8H8BrFN2. The third-order valence-electron chi connectivity index (χ3n) is 1.54. The van der Waals surface area contributed by atoms with Gasteiger partial charge in [0.15, 0.2) is 5.82 Å². The Morgan fingerprint density at radius 3 is 2.67 bits per heavy atom. The molecule has 0 aromatic heterocycles. The van der Waals surface area contributed by atoms with E-state index >= 15 is 0 Å². The summed E-state index contributed by atoms with van der Waals surface area (Å²) in [5.74, 6) is -0.501. The van der Waals surface area contributed by atoms with E-state index in [4.69, 9.17) is 11.1 Å². The van der Waals surface area contributed by atoms with Crippen LogP contribution < -0.4 is 5.73 Å². The summed E-state index contributed by atoms with van der Waals surface area (Å²) < 4.78 is 13.4. The van der Waals surface area contributed by atoms with Crippen LogP contribution in [0.3, 0.4) is 0 Å². The molecule has 0 bridgehead atoms. The highest BCUT2D eigenvalue weighted by atomic mass is 79.9. The van der Waals surface area contributed by atoms with Gasteiger partial charge in [-0.15, -0.1) is 0 Å². The lowest BCUT2D eigenvalue weighted by Gasteiger charge is -2.05. The van der Waals surface area contributed by atoms with E-state index in [1.807, 2.05) is 0 Å². The van der Waals surface area contributed by atoms with Gasteiger partial charge < -0.3 is 11.1 Å². The summed E-state index contributed by atoms with van der Waals surface area (Å²) in [4.78, 5) is 0. The first kappa shape index (κ1) is 9.19. The van der Waals surface area contributed by atoms with Gasteiger partial charge in [0.1, 0.15) is 0 Å². The van der Waals surface area contributed by atoms with Crippen molar-refractivity contribution in [2.45, 2.75) is 6.92 Å². The van der Waals surface area contributed by atoms with Crippen molar-refractivity contribution in [3.63, 3.8) is 0 Å². The van der Waals surface area contributed by atoms with Crippen LogP contribution in [0.2, 0.25) is 0 Å². The van der Waals surface area contributed by atoms with Gasteiger partial charge in [-0.25, -0.2) is 4.39 Å². The Kier molecular flexibility index (Phi) is 2.47. The predicted molar refractivity (Wildman–Crippen MR) is 51.0 cm³/mol.